The first-order valence-electron chi connectivity index (χ1n) is 6.13. The van der Waals surface area contributed by atoms with Gasteiger partial charge >= 0.3 is 0 Å². The molecule has 3 nitrogen and oxygen atoms in total. The number of aliphatic hydroxyl groups is 1. The molecule has 2 aromatic rings. The standard InChI is InChI=1S/C14H16F2N2O/c1-9(2)18-8-17-7-12(18)13(19)6-10-4-3-5-11(15)14(10)16/h3-5,7-9,13,19H,6H2,1-2H3. The summed E-state index contributed by atoms with van der Waals surface area (Å²) in [5, 5.41) is 10.2. The average Bonchev–Trinajstić information content (AvgIpc) is 2.84. The molecule has 1 aromatic heterocycles. The van der Waals surface area contributed by atoms with Gasteiger partial charge in [0.2, 0.25) is 0 Å². The minimum Gasteiger partial charge on any atom is -0.386 e. The maximum Gasteiger partial charge on any atom is 0.162 e. The van der Waals surface area contributed by atoms with Crippen molar-refractivity contribution < 1.29 is 13.9 Å². The largest absolute Gasteiger partial charge is 0.386 e. The van der Waals surface area contributed by atoms with E-state index in [9.17, 15) is 13.9 Å². The van der Waals surface area contributed by atoms with Gasteiger partial charge in [0.25, 0.3) is 0 Å². The fourth-order valence-electron chi connectivity index (χ4n) is 2.02. The third kappa shape index (κ3) is 2.81. The predicted molar refractivity (Wildman–Crippen MR) is 67.6 cm³/mol. The molecule has 0 aliphatic carbocycles. The molecule has 5 heteroatoms. The molecule has 0 bridgehead atoms. The van der Waals surface area contributed by atoms with Crippen molar-refractivity contribution in [3.8, 4) is 0 Å². The second-order valence-corrected chi connectivity index (χ2v) is 4.75. The first-order chi connectivity index (χ1) is 9.00. The molecule has 0 saturated heterocycles. The first kappa shape index (κ1) is 13.7. The summed E-state index contributed by atoms with van der Waals surface area (Å²) in [6.45, 7) is 3.92. The molecule has 1 N–H and O–H groups in total. The highest BCUT2D eigenvalue weighted by Gasteiger charge is 2.18. The Morgan fingerprint density at radius 2 is 2.05 bits per heavy atom. The van der Waals surface area contributed by atoms with E-state index in [1.54, 1.807) is 12.5 Å². The van der Waals surface area contributed by atoms with Gasteiger partial charge in [0.1, 0.15) is 0 Å². The van der Waals surface area contributed by atoms with E-state index >= 15 is 0 Å². The molecule has 0 amide bonds. The summed E-state index contributed by atoms with van der Waals surface area (Å²) in [6.07, 6.45) is 2.26. The number of aliphatic hydroxyl groups excluding tert-OH is 1. The lowest BCUT2D eigenvalue weighted by atomic mass is 10.0. The van der Waals surface area contributed by atoms with Crippen LogP contribution in [0.15, 0.2) is 30.7 Å². The first-order valence-corrected chi connectivity index (χ1v) is 6.13. The van der Waals surface area contributed by atoms with Gasteiger partial charge in [-0.25, -0.2) is 13.8 Å². The van der Waals surface area contributed by atoms with E-state index in [0.29, 0.717) is 5.69 Å². The van der Waals surface area contributed by atoms with Crippen LogP contribution in [0, 0.1) is 11.6 Å². The van der Waals surface area contributed by atoms with Crippen LogP contribution < -0.4 is 0 Å². The van der Waals surface area contributed by atoms with E-state index in [4.69, 9.17) is 0 Å². The molecule has 0 radical (unpaired) electrons. The summed E-state index contributed by atoms with van der Waals surface area (Å²) in [5.74, 6) is -1.81. The molecule has 0 fully saturated rings. The lowest BCUT2D eigenvalue weighted by molar-refractivity contribution is 0.165. The molecular formula is C14H16F2N2O. The van der Waals surface area contributed by atoms with Gasteiger partial charge in [0, 0.05) is 12.5 Å². The van der Waals surface area contributed by atoms with Gasteiger partial charge in [-0.15, -0.1) is 0 Å². The minimum absolute atomic E-state index is 0.0159. The van der Waals surface area contributed by atoms with E-state index in [-0.39, 0.29) is 18.0 Å². The van der Waals surface area contributed by atoms with Crippen LogP contribution in [0.2, 0.25) is 0 Å². The number of aromatic nitrogens is 2. The van der Waals surface area contributed by atoms with E-state index in [1.807, 2.05) is 18.4 Å². The summed E-state index contributed by atoms with van der Waals surface area (Å²) in [6, 6.07) is 4.10. The molecule has 1 unspecified atom stereocenters. The molecule has 1 heterocycles. The van der Waals surface area contributed by atoms with Gasteiger partial charge in [-0.3, -0.25) is 0 Å². The average molecular weight is 266 g/mol. The summed E-state index contributed by atoms with van der Waals surface area (Å²) >= 11 is 0. The highest BCUT2D eigenvalue weighted by Crippen LogP contribution is 2.23. The van der Waals surface area contributed by atoms with Crippen molar-refractivity contribution in [2.45, 2.75) is 32.4 Å². The van der Waals surface area contributed by atoms with Gasteiger partial charge in [0.05, 0.1) is 24.3 Å². The quantitative estimate of drug-likeness (QED) is 0.923. The van der Waals surface area contributed by atoms with Crippen molar-refractivity contribution in [3.63, 3.8) is 0 Å². The zero-order valence-electron chi connectivity index (χ0n) is 10.8. The second kappa shape index (κ2) is 5.48. The lowest BCUT2D eigenvalue weighted by Crippen LogP contribution is -2.12. The molecule has 1 atom stereocenters. The Hall–Kier alpha value is -1.75. The number of hydrogen-bond acceptors (Lipinski definition) is 2. The number of halogens is 2. The molecule has 0 saturated carbocycles. The second-order valence-electron chi connectivity index (χ2n) is 4.75. The van der Waals surface area contributed by atoms with Crippen LogP contribution in [-0.2, 0) is 6.42 Å². The monoisotopic (exact) mass is 266 g/mol. The fourth-order valence-corrected chi connectivity index (χ4v) is 2.02. The molecule has 19 heavy (non-hydrogen) atoms. The number of nitrogens with zero attached hydrogens (tertiary/aromatic N) is 2. The van der Waals surface area contributed by atoms with Crippen LogP contribution in [0.3, 0.4) is 0 Å². The Balaban J connectivity index is 2.23. The van der Waals surface area contributed by atoms with Gasteiger partial charge < -0.3 is 9.67 Å². The topological polar surface area (TPSA) is 38.0 Å². The molecule has 0 aliphatic heterocycles. The normalized spacial score (nSPS) is 12.9. The van der Waals surface area contributed by atoms with E-state index in [1.165, 1.54) is 12.1 Å². The zero-order valence-corrected chi connectivity index (χ0v) is 10.8. The SMILES string of the molecule is CC(C)n1cncc1C(O)Cc1cccc(F)c1F. The highest BCUT2D eigenvalue weighted by atomic mass is 19.2. The van der Waals surface area contributed by atoms with Crippen molar-refractivity contribution in [1.82, 2.24) is 9.55 Å². The van der Waals surface area contributed by atoms with Crippen molar-refractivity contribution in [3.05, 3.63) is 53.6 Å². The number of benzene rings is 1. The van der Waals surface area contributed by atoms with Gasteiger partial charge in [-0.05, 0) is 25.5 Å². The Bertz CT molecular complexity index is 566. The van der Waals surface area contributed by atoms with Crippen molar-refractivity contribution in [2.24, 2.45) is 0 Å². The third-order valence-electron chi connectivity index (χ3n) is 3.04. The summed E-state index contributed by atoms with van der Waals surface area (Å²) in [7, 11) is 0. The molecule has 2 rings (SSSR count). The maximum absolute atomic E-state index is 13.6. The van der Waals surface area contributed by atoms with E-state index in [0.717, 1.165) is 6.07 Å². The van der Waals surface area contributed by atoms with Gasteiger partial charge in [0.15, 0.2) is 11.6 Å². The summed E-state index contributed by atoms with van der Waals surface area (Å²) < 4.78 is 28.5. The van der Waals surface area contributed by atoms with Crippen LogP contribution in [0.25, 0.3) is 0 Å². The van der Waals surface area contributed by atoms with E-state index in [2.05, 4.69) is 4.98 Å². The zero-order chi connectivity index (χ0) is 14.0. The number of rotatable bonds is 4. The molecule has 1 aromatic carbocycles. The van der Waals surface area contributed by atoms with Gasteiger partial charge in [-0.2, -0.15) is 0 Å². The maximum atomic E-state index is 13.6. The van der Waals surface area contributed by atoms with Crippen molar-refractivity contribution in [1.29, 1.82) is 0 Å². The van der Waals surface area contributed by atoms with Crippen LogP contribution >= 0.6 is 0 Å². The Kier molecular flexibility index (Phi) is 3.95. The predicted octanol–water partition coefficient (Wildman–Crippen LogP) is 3.02. The van der Waals surface area contributed by atoms with Crippen molar-refractivity contribution >= 4 is 0 Å². The molecular weight excluding hydrogens is 250 g/mol. The number of imidazole rings is 1. The Morgan fingerprint density at radius 3 is 2.74 bits per heavy atom. The molecule has 0 aliphatic rings. The molecule has 102 valence electrons. The van der Waals surface area contributed by atoms with Gasteiger partial charge in [-0.1, -0.05) is 12.1 Å². The number of hydrogen-bond donors (Lipinski definition) is 1. The molecule has 0 spiro atoms. The minimum atomic E-state index is -0.916. The van der Waals surface area contributed by atoms with Crippen LogP contribution in [-0.4, -0.2) is 14.7 Å². The van der Waals surface area contributed by atoms with Crippen LogP contribution in [0.5, 0.6) is 0 Å². The van der Waals surface area contributed by atoms with E-state index < -0.39 is 17.7 Å². The summed E-state index contributed by atoms with van der Waals surface area (Å²) in [5.41, 5.74) is 0.752. The third-order valence-corrected chi connectivity index (χ3v) is 3.04. The highest BCUT2D eigenvalue weighted by molar-refractivity contribution is 5.21. The van der Waals surface area contributed by atoms with Crippen LogP contribution in [0.4, 0.5) is 8.78 Å². The lowest BCUT2D eigenvalue weighted by Gasteiger charge is -2.16. The smallest absolute Gasteiger partial charge is 0.162 e. The van der Waals surface area contributed by atoms with Crippen LogP contribution in [0.1, 0.15) is 37.3 Å². The Labute approximate surface area is 110 Å². The Morgan fingerprint density at radius 1 is 1.32 bits per heavy atom. The van der Waals surface area contributed by atoms with Crippen molar-refractivity contribution in [2.75, 3.05) is 0 Å². The fraction of sp³-hybridized carbons (Fsp3) is 0.357. The summed E-state index contributed by atoms with van der Waals surface area (Å²) in [4.78, 5) is 3.98.